The molecular weight excluding hydrogens is 314 g/mol. The van der Waals surface area contributed by atoms with Gasteiger partial charge in [-0.05, 0) is 26.0 Å². The number of hydrogen-bond acceptors (Lipinski definition) is 6. The number of nitro benzene ring substituents is 1. The first-order valence-corrected chi connectivity index (χ1v) is 6.65. The number of halogens is 1. The summed E-state index contributed by atoms with van der Waals surface area (Å²) in [6.45, 7) is 3.04. The number of carbonyl (C=O) groups excluding carboxylic acids is 2. The Balaban J connectivity index is 2.79. The van der Waals surface area contributed by atoms with Crippen molar-refractivity contribution in [2.24, 2.45) is 4.99 Å². The summed E-state index contributed by atoms with van der Waals surface area (Å²) >= 11 is 5.80. The van der Waals surface area contributed by atoms with Crippen LogP contribution >= 0.6 is 11.6 Å². The van der Waals surface area contributed by atoms with Gasteiger partial charge in [0.1, 0.15) is 5.84 Å². The van der Waals surface area contributed by atoms with Crippen molar-refractivity contribution in [3.63, 3.8) is 0 Å². The number of benzene rings is 1. The molecule has 0 unspecified atom stereocenters. The third-order valence-corrected chi connectivity index (χ3v) is 2.72. The zero-order valence-corrected chi connectivity index (χ0v) is 12.7. The number of carbonyl (C=O) groups is 2. The fourth-order valence-corrected chi connectivity index (χ4v) is 1.71. The first-order valence-electron chi connectivity index (χ1n) is 6.27. The Morgan fingerprint density at radius 1 is 1.45 bits per heavy atom. The second-order valence-electron chi connectivity index (χ2n) is 4.11. The topological polar surface area (TPSA) is 111 Å². The van der Waals surface area contributed by atoms with Gasteiger partial charge >= 0.3 is 11.9 Å². The Labute approximate surface area is 131 Å². The molecule has 0 heterocycles. The van der Waals surface area contributed by atoms with Crippen molar-refractivity contribution in [1.29, 1.82) is 0 Å². The van der Waals surface area contributed by atoms with Gasteiger partial charge in [0.05, 0.1) is 23.6 Å². The maximum absolute atomic E-state index is 11.4. The van der Waals surface area contributed by atoms with Crippen LogP contribution in [0.25, 0.3) is 0 Å². The Bertz CT molecular complexity index is 630. The van der Waals surface area contributed by atoms with Crippen molar-refractivity contribution < 1.29 is 19.2 Å². The smallest absolute Gasteiger partial charge is 0.397 e. The van der Waals surface area contributed by atoms with E-state index in [0.717, 1.165) is 0 Å². The molecule has 0 fully saturated rings. The quantitative estimate of drug-likeness (QED) is 0.226. The Morgan fingerprint density at radius 2 is 2.14 bits per heavy atom. The largest absolute Gasteiger partial charge is 0.459 e. The van der Waals surface area contributed by atoms with Gasteiger partial charge in [0.15, 0.2) is 0 Å². The molecule has 1 aromatic rings. The van der Waals surface area contributed by atoms with E-state index in [1.807, 2.05) is 0 Å². The molecule has 118 valence electrons. The number of nitrogens with one attached hydrogen (secondary N) is 1. The van der Waals surface area contributed by atoms with Crippen molar-refractivity contribution in [3.8, 4) is 0 Å². The average Bonchev–Trinajstić information content (AvgIpc) is 2.45. The van der Waals surface area contributed by atoms with Gasteiger partial charge in [-0.1, -0.05) is 11.6 Å². The zero-order valence-electron chi connectivity index (χ0n) is 12.0. The van der Waals surface area contributed by atoms with Crippen LogP contribution in [0.1, 0.15) is 19.4 Å². The highest BCUT2D eigenvalue weighted by Gasteiger charge is 2.16. The van der Waals surface area contributed by atoms with Gasteiger partial charge in [-0.2, -0.15) is 0 Å². The monoisotopic (exact) mass is 327 g/mol. The molecule has 9 heteroatoms. The predicted octanol–water partition coefficient (Wildman–Crippen LogP) is 1.85. The van der Waals surface area contributed by atoms with E-state index in [1.165, 1.54) is 25.1 Å². The minimum absolute atomic E-state index is 0.0637. The second-order valence-corrected chi connectivity index (χ2v) is 4.54. The minimum atomic E-state index is -1.02. The number of nitro groups is 1. The van der Waals surface area contributed by atoms with Crippen LogP contribution in [0.2, 0.25) is 5.02 Å². The molecule has 0 aliphatic heterocycles. The number of rotatable bonds is 4. The van der Waals surface area contributed by atoms with Gasteiger partial charge in [-0.25, -0.2) is 4.79 Å². The summed E-state index contributed by atoms with van der Waals surface area (Å²) in [5.41, 5.74) is 0.167. The standard InChI is InChI=1S/C13H14ClN3O5/c1-3-22-13(19)12(18)16-8(2)15-7-9-6-10(14)4-5-11(9)17(20)21/h4-6H,3,7H2,1-2H3,(H,15,16,18). The van der Waals surface area contributed by atoms with Gasteiger partial charge in [0, 0.05) is 11.1 Å². The molecule has 0 saturated heterocycles. The molecule has 8 nitrogen and oxygen atoms in total. The number of aliphatic imine (C=N–C) groups is 1. The van der Waals surface area contributed by atoms with Crippen LogP contribution in [0, 0.1) is 10.1 Å². The first-order chi connectivity index (χ1) is 10.3. The third-order valence-electron chi connectivity index (χ3n) is 2.48. The molecule has 0 aliphatic carbocycles. The summed E-state index contributed by atoms with van der Waals surface area (Å²) in [7, 11) is 0. The van der Waals surface area contributed by atoms with E-state index in [2.05, 4.69) is 15.0 Å². The molecule has 1 N–H and O–H groups in total. The predicted molar refractivity (Wildman–Crippen MR) is 79.7 cm³/mol. The van der Waals surface area contributed by atoms with E-state index in [9.17, 15) is 19.7 Å². The number of hydrogen-bond donors (Lipinski definition) is 1. The van der Waals surface area contributed by atoms with Crippen LogP contribution in [0.4, 0.5) is 5.69 Å². The van der Waals surface area contributed by atoms with E-state index in [4.69, 9.17) is 11.6 Å². The van der Waals surface area contributed by atoms with Gasteiger partial charge in [-0.3, -0.25) is 19.9 Å². The maximum Gasteiger partial charge on any atom is 0.397 e. The lowest BCUT2D eigenvalue weighted by molar-refractivity contribution is -0.385. The lowest BCUT2D eigenvalue weighted by atomic mass is 10.2. The fraction of sp³-hybridized carbons (Fsp3) is 0.308. The summed E-state index contributed by atoms with van der Waals surface area (Å²) in [5.74, 6) is -1.85. The Morgan fingerprint density at radius 3 is 2.73 bits per heavy atom. The Hall–Kier alpha value is -2.48. The fourth-order valence-electron chi connectivity index (χ4n) is 1.51. The number of nitrogens with zero attached hydrogens (tertiary/aromatic N) is 2. The molecule has 0 atom stereocenters. The molecule has 22 heavy (non-hydrogen) atoms. The molecule has 0 spiro atoms. The van der Waals surface area contributed by atoms with Crippen molar-refractivity contribution in [2.45, 2.75) is 20.4 Å². The first kappa shape index (κ1) is 17.6. The molecule has 1 amide bonds. The molecule has 0 aliphatic rings. The van der Waals surface area contributed by atoms with E-state index >= 15 is 0 Å². The molecule has 0 aromatic heterocycles. The van der Waals surface area contributed by atoms with Gasteiger partial charge in [-0.15, -0.1) is 0 Å². The number of ether oxygens (including phenoxy) is 1. The summed E-state index contributed by atoms with van der Waals surface area (Å²) in [5, 5.41) is 13.5. The second kappa shape index (κ2) is 8.08. The van der Waals surface area contributed by atoms with Crippen molar-refractivity contribution in [1.82, 2.24) is 5.32 Å². The number of amidine groups is 1. The van der Waals surface area contributed by atoms with Crippen LogP contribution < -0.4 is 5.32 Å². The molecule has 0 saturated carbocycles. The van der Waals surface area contributed by atoms with E-state index < -0.39 is 16.8 Å². The van der Waals surface area contributed by atoms with Crippen LogP contribution in [0.3, 0.4) is 0 Å². The van der Waals surface area contributed by atoms with Crippen LogP contribution in [-0.4, -0.2) is 29.2 Å². The minimum Gasteiger partial charge on any atom is -0.459 e. The highest BCUT2D eigenvalue weighted by molar-refractivity contribution is 6.35. The van der Waals surface area contributed by atoms with E-state index in [1.54, 1.807) is 6.92 Å². The van der Waals surface area contributed by atoms with Crippen molar-refractivity contribution >= 4 is 35.0 Å². The van der Waals surface area contributed by atoms with Gasteiger partial charge in [0.25, 0.3) is 5.69 Å². The zero-order chi connectivity index (χ0) is 16.7. The lowest BCUT2D eigenvalue weighted by Crippen LogP contribution is -2.35. The van der Waals surface area contributed by atoms with Crippen LogP contribution in [0.5, 0.6) is 0 Å². The van der Waals surface area contributed by atoms with E-state index in [0.29, 0.717) is 10.6 Å². The van der Waals surface area contributed by atoms with Crippen LogP contribution in [-0.2, 0) is 20.9 Å². The van der Waals surface area contributed by atoms with Crippen molar-refractivity contribution in [3.05, 3.63) is 38.9 Å². The maximum atomic E-state index is 11.4. The highest BCUT2D eigenvalue weighted by Crippen LogP contribution is 2.23. The summed E-state index contributed by atoms with van der Waals surface area (Å²) in [4.78, 5) is 36.9. The number of esters is 1. The summed E-state index contributed by atoms with van der Waals surface area (Å²) < 4.78 is 4.52. The summed E-state index contributed by atoms with van der Waals surface area (Å²) in [6, 6.07) is 4.10. The molecule has 0 bridgehead atoms. The average molecular weight is 328 g/mol. The van der Waals surface area contributed by atoms with E-state index in [-0.39, 0.29) is 24.7 Å². The molecule has 0 radical (unpaired) electrons. The molecule has 1 aromatic carbocycles. The van der Waals surface area contributed by atoms with Gasteiger partial charge in [0.2, 0.25) is 0 Å². The van der Waals surface area contributed by atoms with Crippen LogP contribution in [0.15, 0.2) is 23.2 Å². The van der Waals surface area contributed by atoms with Crippen molar-refractivity contribution in [2.75, 3.05) is 6.61 Å². The lowest BCUT2D eigenvalue weighted by Gasteiger charge is -2.05. The molecule has 1 rings (SSSR count). The highest BCUT2D eigenvalue weighted by atomic mass is 35.5. The Kier molecular flexibility index (Phi) is 6.46. The summed E-state index contributed by atoms with van der Waals surface area (Å²) in [6.07, 6.45) is 0. The number of amides is 1. The third kappa shape index (κ3) is 5.13. The normalized spacial score (nSPS) is 11.0. The molecular formula is C13H14ClN3O5. The SMILES string of the molecule is CCOC(=O)C(=O)NC(C)=NCc1cc(Cl)ccc1[N+](=O)[O-]. The van der Waals surface area contributed by atoms with Gasteiger partial charge < -0.3 is 10.1 Å².